The number of carbonyl (C=O) groups is 1. The smallest absolute Gasteiger partial charge is 0.369 e. The molecule has 1 unspecified atom stereocenters. The van der Waals surface area contributed by atoms with Gasteiger partial charge < -0.3 is 15.4 Å². The number of hydrogen-bond acceptors (Lipinski definition) is 4. The number of hydrogen-bond donors (Lipinski definition) is 3. The molecule has 1 aromatic heterocycles. The Kier molecular flexibility index (Phi) is 5.44. The number of aromatic nitrogens is 2. The molecule has 3 aromatic rings. The second-order valence-corrected chi connectivity index (χ2v) is 7.17. The summed E-state index contributed by atoms with van der Waals surface area (Å²) in [5.74, 6) is -1.71. The number of amides is 1. The first-order valence-corrected chi connectivity index (χ1v) is 9.02. The van der Waals surface area contributed by atoms with Crippen molar-refractivity contribution in [1.82, 2.24) is 15.3 Å². The number of para-hydroxylation sites is 1. The van der Waals surface area contributed by atoms with E-state index in [2.05, 4.69) is 9.97 Å². The summed E-state index contributed by atoms with van der Waals surface area (Å²) in [5, 5.41) is 12.6. The Morgan fingerprint density at radius 1 is 1.14 bits per heavy atom. The number of rotatable bonds is 4. The molecule has 1 atom stereocenters. The van der Waals surface area contributed by atoms with E-state index in [4.69, 9.17) is 0 Å². The first-order valence-electron chi connectivity index (χ1n) is 7.94. The highest BCUT2D eigenvalue weighted by Crippen LogP contribution is 2.39. The Hall–Kier alpha value is -2.47. The Bertz CT molecular complexity index is 1080. The molecule has 0 saturated heterocycles. The second-order valence-electron chi connectivity index (χ2n) is 5.93. The lowest BCUT2D eigenvalue weighted by molar-refractivity contribution is -0.257. The van der Waals surface area contributed by atoms with Gasteiger partial charge in [0.25, 0.3) is 17.1 Å². The number of benzene rings is 2. The van der Waals surface area contributed by atoms with Crippen LogP contribution in [0.15, 0.2) is 53.3 Å². The fourth-order valence-corrected chi connectivity index (χ4v) is 2.98. The summed E-state index contributed by atoms with van der Waals surface area (Å²) in [6.45, 7) is -0.498. The summed E-state index contributed by atoms with van der Waals surface area (Å²) in [4.78, 5) is 30.8. The van der Waals surface area contributed by atoms with Gasteiger partial charge in [0, 0.05) is 9.13 Å². The van der Waals surface area contributed by atoms with Crippen molar-refractivity contribution in [2.45, 2.75) is 18.3 Å². The summed E-state index contributed by atoms with van der Waals surface area (Å²) in [6, 6.07) is 11.2. The standard InChI is InChI=1S/C18H13F3IN3O3/c19-18(20,21)17(28,10-5-7-11(22)8-6-10)16(27)23-9-14-24-13-4-2-1-3-12(13)15(26)25-14/h1-8,28H,9H2,(H,23,27)(H,24,25,26). The molecule has 0 aliphatic carbocycles. The van der Waals surface area contributed by atoms with E-state index in [1.54, 1.807) is 24.3 Å². The van der Waals surface area contributed by atoms with Crippen molar-refractivity contribution in [3.05, 3.63) is 73.8 Å². The van der Waals surface area contributed by atoms with E-state index in [9.17, 15) is 27.9 Å². The maximum atomic E-state index is 13.6. The van der Waals surface area contributed by atoms with Crippen molar-refractivity contribution < 1.29 is 23.1 Å². The van der Waals surface area contributed by atoms with Gasteiger partial charge in [0.1, 0.15) is 5.82 Å². The highest BCUT2D eigenvalue weighted by atomic mass is 127. The van der Waals surface area contributed by atoms with Crippen molar-refractivity contribution in [1.29, 1.82) is 0 Å². The number of nitrogens with one attached hydrogen (secondary N) is 2. The van der Waals surface area contributed by atoms with Crippen molar-refractivity contribution >= 4 is 39.4 Å². The van der Waals surface area contributed by atoms with Crippen LogP contribution in [0.25, 0.3) is 10.9 Å². The van der Waals surface area contributed by atoms with E-state index in [-0.39, 0.29) is 5.82 Å². The Balaban J connectivity index is 1.89. The van der Waals surface area contributed by atoms with Gasteiger partial charge in [-0.1, -0.05) is 24.3 Å². The van der Waals surface area contributed by atoms with Gasteiger partial charge in [0.2, 0.25) is 0 Å². The van der Waals surface area contributed by atoms with Crippen LogP contribution in [0.4, 0.5) is 13.2 Å². The van der Waals surface area contributed by atoms with Crippen molar-refractivity contribution in [2.24, 2.45) is 0 Å². The van der Waals surface area contributed by atoms with Gasteiger partial charge in [-0.15, -0.1) is 0 Å². The number of carbonyl (C=O) groups excluding carboxylic acids is 1. The molecule has 6 nitrogen and oxygen atoms in total. The van der Waals surface area contributed by atoms with Crippen LogP contribution in [0.2, 0.25) is 0 Å². The molecule has 10 heteroatoms. The number of H-pyrrole nitrogens is 1. The lowest BCUT2D eigenvalue weighted by Gasteiger charge is -2.29. The Labute approximate surface area is 169 Å². The molecule has 0 radical (unpaired) electrons. The van der Waals surface area contributed by atoms with Crippen LogP contribution in [0.5, 0.6) is 0 Å². The predicted molar refractivity (Wildman–Crippen MR) is 103 cm³/mol. The molecule has 1 heterocycles. The van der Waals surface area contributed by atoms with Crippen LogP contribution >= 0.6 is 22.6 Å². The number of nitrogens with zero attached hydrogens (tertiary/aromatic N) is 1. The van der Waals surface area contributed by atoms with Crippen LogP contribution in [0.1, 0.15) is 11.4 Å². The zero-order chi connectivity index (χ0) is 20.5. The molecule has 3 rings (SSSR count). The molecule has 3 N–H and O–H groups in total. The summed E-state index contributed by atoms with van der Waals surface area (Å²) in [7, 11) is 0. The van der Waals surface area contributed by atoms with E-state index in [0.717, 1.165) is 12.1 Å². The minimum Gasteiger partial charge on any atom is -0.369 e. The molecule has 0 aliphatic heterocycles. The molecule has 28 heavy (non-hydrogen) atoms. The quantitative estimate of drug-likeness (QED) is 0.478. The van der Waals surface area contributed by atoms with Gasteiger partial charge in [0.05, 0.1) is 17.4 Å². The summed E-state index contributed by atoms with van der Waals surface area (Å²) < 4.78 is 41.3. The van der Waals surface area contributed by atoms with Crippen molar-refractivity contribution in [2.75, 3.05) is 0 Å². The van der Waals surface area contributed by atoms with E-state index in [0.29, 0.717) is 14.5 Å². The van der Waals surface area contributed by atoms with Crippen LogP contribution in [-0.4, -0.2) is 27.2 Å². The van der Waals surface area contributed by atoms with E-state index < -0.39 is 35.4 Å². The number of aromatic amines is 1. The SMILES string of the molecule is O=C(NCc1nc2ccccc2c(=O)[nH]1)C(O)(c1ccc(I)cc1)C(F)(F)F. The topological polar surface area (TPSA) is 95.1 Å². The highest BCUT2D eigenvalue weighted by molar-refractivity contribution is 14.1. The molecule has 0 saturated carbocycles. The molecule has 0 spiro atoms. The van der Waals surface area contributed by atoms with Crippen molar-refractivity contribution in [3.63, 3.8) is 0 Å². The zero-order valence-corrected chi connectivity index (χ0v) is 16.2. The van der Waals surface area contributed by atoms with Gasteiger partial charge in [-0.3, -0.25) is 9.59 Å². The molecule has 2 aromatic carbocycles. The number of halogens is 4. The summed E-state index contributed by atoms with van der Waals surface area (Å²) in [6.07, 6.45) is -5.26. The number of aliphatic hydroxyl groups is 1. The fourth-order valence-electron chi connectivity index (χ4n) is 2.63. The maximum Gasteiger partial charge on any atom is 0.430 e. The third kappa shape index (κ3) is 3.74. The zero-order valence-electron chi connectivity index (χ0n) is 14.0. The molecule has 1 amide bonds. The van der Waals surface area contributed by atoms with Gasteiger partial charge in [-0.05, 0) is 46.9 Å². The Morgan fingerprint density at radius 2 is 1.79 bits per heavy atom. The van der Waals surface area contributed by atoms with Crippen molar-refractivity contribution in [3.8, 4) is 0 Å². The summed E-state index contributed by atoms with van der Waals surface area (Å²) in [5.41, 5.74) is -4.51. The van der Waals surface area contributed by atoms with Gasteiger partial charge in [-0.25, -0.2) is 4.98 Å². The molecule has 146 valence electrons. The predicted octanol–water partition coefficient (Wildman–Crippen LogP) is 2.59. The monoisotopic (exact) mass is 503 g/mol. The van der Waals surface area contributed by atoms with Gasteiger partial charge in [0.15, 0.2) is 0 Å². The van der Waals surface area contributed by atoms with E-state index in [1.165, 1.54) is 12.1 Å². The van der Waals surface area contributed by atoms with E-state index in [1.807, 2.05) is 27.9 Å². The third-order valence-corrected chi connectivity index (χ3v) is 4.80. The fraction of sp³-hybridized carbons (Fsp3) is 0.167. The average molecular weight is 503 g/mol. The van der Waals surface area contributed by atoms with Crippen LogP contribution in [0.3, 0.4) is 0 Å². The largest absolute Gasteiger partial charge is 0.430 e. The van der Waals surface area contributed by atoms with Gasteiger partial charge >= 0.3 is 6.18 Å². The van der Waals surface area contributed by atoms with Crippen LogP contribution < -0.4 is 10.9 Å². The number of fused-ring (bicyclic) bond motifs is 1. The molecular formula is C18H13F3IN3O3. The molecule has 0 aliphatic rings. The third-order valence-electron chi connectivity index (χ3n) is 4.08. The second kappa shape index (κ2) is 7.51. The van der Waals surface area contributed by atoms with E-state index >= 15 is 0 Å². The maximum absolute atomic E-state index is 13.6. The average Bonchev–Trinajstić information content (AvgIpc) is 2.65. The van der Waals surface area contributed by atoms with Crippen LogP contribution in [0, 0.1) is 3.57 Å². The van der Waals surface area contributed by atoms with Gasteiger partial charge in [-0.2, -0.15) is 13.2 Å². The lowest BCUT2D eigenvalue weighted by Crippen LogP contribution is -2.54. The number of alkyl halides is 3. The first-order chi connectivity index (χ1) is 13.1. The molecule has 0 fully saturated rings. The minimum atomic E-state index is -5.26. The van der Waals surface area contributed by atoms with Crippen LogP contribution in [-0.2, 0) is 16.9 Å². The Morgan fingerprint density at radius 3 is 2.43 bits per heavy atom. The normalized spacial score (nSPS) is 13.9. The molecule has 0 bridgehead atoms. The minimum absolute atomic E-state index is 0.0378. The highest BCUT2D eigenvalue weighted by Gasteiger charge is 2.60. The lowest BCUT2D eigenvalue weighted by atomic mass is 9.92. The molecular weight excluding hydrogens is 490 g/mol. The summed E-state index contributed by atoms with van der Waals surface area (Å²) >= 11 is 1.89. The first kappa shape index (κ1) is 20.3.